The summed E-state index contributed by atoms with van der Waals surface area (Å²) in [5, 5.41) is 0. The van der Waals surface area contributed by atoms with Crippen molar-refractivity contribution in [1.82, 2.24) is 4.57 Å². The van der Waals surface area contributed by atoms with Crippen LogP contribution in [0.1, 0.15) is 37.5 Å². The van der Waals surface area contributed by atoms with Gasteiger partial charge in [0.2, 0.25) is 0 Å². The van der Waals surface area contributed by atoms with Gasteiger partial charge in [0.1, 0.15) is 22.7 Å². The summed E-state index contributed by atoms with van der Waals surface area (Å²) in [4.78, 5) is 0. The van der Waals surface area contributed by atoms with Gasteiger partial charge in [-0.25, -0.2) is 0 Å². The van der Waals surface area contributed by atoms with E-state index >= 15 is 0 Å². The third-order valence-corrected chi connectivity index (χ3v) is 5.39. The van der Waals surface area contributed by atoms with E-state index < -0.39 is 0 Å². The minimum absolute atomic E-state index is 0.0735. The normalized spacial score (nSPS) is 12.8. The van der Waals surface area contributed by atoms with Crippen molar-refractivity contribution >= 4 is 11.0 Å². The van der Waals surface area contributed by atoms with Gasteiger partial charge in [-0.05, 0) is 55.2 Å². The Morgan fingerprint density at radius 2 is 1.64 bits per heavy atom. The first-order chi connectivity index (χ1) is 13.3. The van der Waals surface area contributed by atoms with Gasteiger partial charge < -0.3 is 4.74 Å². The number of fused-ring (bicyclic) bond motifs is 2. The second-order valence-electron chi connectivity index (χ2n) is 8.78. The molecule has 3 heteroatoms. The Balaban J connectivity index is 1.78. The molecule has 3 nitrogen and oxygen atoms in total. The summed E-state index contributed by atoms with van der Waals surface area (Å²) in [6, 6.07) is 19.3. The Kier molecular flexibility index (Phi) is 3.48. The van der Waals surface area contributed by atoms with Crippen LogP contribution in [-0.4, -0.2) is 4.57 Å². The minimum Gasteiger partial charge on any atom is -0.465 e. The topological polar surface area (TPSA) is 18.0 Å². The fourth-order valence-corrected chi connectivity index (χ4v) is 4.02. The SMILES string of the molecule is Cc1cc(C)cc(-n2[c-][n+]3c4c(cccc42)Oc2cc(C(C)(C)C)ccc2-3)c1. The lowest BCUT2D eigenvalue weighted by Crippen LogP contribution is -2.33. The Morgan fingerprint density at radius 1 is 0.893 bits per heavy atom. The molecule has 2 heterocycles. The largest absolute Gasteiger partial charge is 0.465 e. The van der Waals surface area contributed by atoms with Crippen LogP contribution >= 0.6 is 0 Å². The Bertz CT molecular complexity index is 1220. The molecule has 0 bridgehead atoms. The third kappa shape index (κ3) is 2.54. The van der Waals surface area contributed by atoms with Gasteiger partial charge in [0, 0.05) is 0 Å². The van der Waals surface area contributed by atoms with Gasteiger partial charge in [-0.2, -0.15) is 0 Å². The van der Waals surface area contributed by atoms with E-state index in [0.29, 0.717) is 0 Å². The van der Waals surface area contributed by atoms with Crippen LogP contribution in [0.2, 0.25) is 0 Å². The number of para-hydroxylation sites is 1. The molecule has 4 aromatic rings. The molecule has 28 heavy (non-hydrogen) atoms. The third-order valence-electron chi connectivity index (χ3n) is 5.39. The number of hydrogen-bond acceptors (Lipinski definition) is 1. The molecular weight excluding hydrogens is 344 g/mol. The zero-order valence-electron chi connectivity index (χ0n) is 17.0. The van der Waals surface area contributed by atoms with E-state index in [4.69, 9.17) is 4.74 Å². The minimum atomic E-state index is 0.0735. The molecule has 3 aromatic carbocycles. The van der Waals surface area contributed by atoms with Gasteiger partial charge in [-0.15, -0.1) is 0 Å². The lowest BCUT2D eigenvalue weighted by Gasteiger charge is -2.24. The van der Waals surface area contributed by atoms with E-state index in [0.717, 1.165) is 33.9 Å². The van der Waals surface area contributed by atoms with Crippen molar-refractivity contribution in [1.29, 1.82) is 0 Å². The lowest BCUT2D eigenvalue weighted by atomic mass is 9.87. The first kappa shape index (κ1) is 17.1. The zero-order valence-corrected chi connectivity index (χ0v) is 17.0. The smallest absolute Gasteiger partial charge is 0.270 e. The van der Waals surface area contributed by atoms with Gasteiger partial charge in [0.15, 0.2) is 0 Å². The number of aromatic nitrogens is 2. The maximum absolute atomic E-state index is 6.33. The summed E-state index contributed by atoms with van der Waals surface area (Å²) in [7, 11) is 0. The van der Waals surface area contributed by atoms with Crippen molar-refractivity contribution in [2.75, 3.05) is 0 Å². The molecular formula is C25H24N2O. The number of aryl methyl sites for hydroxylation is 2. The van der Waals surface area contributed by atoms with Crippen LogP contribution < -0.4 is 9.30 Å². The van der Waals surface area contributed by atoms with Crippen molar-refractivity contribution in [3.05, 3.63) is 77.6 Å². The van der Waals surface area contributed by atoms with Crippen LogP contribution in [0.15, 0.2) is 54.6 Å². The molecule has 0 spiro atoms. The van der Waals surface area contributed by atoms with Crippen molar-refractivity contribution in [2.45, 2.75) is 40.0 Å². The Labute approximate surface area is 165 Å². The molecule has 0 saturated heterocycles. The Morgan fingerprint density at radius 3 is 2.36 bits per heavy atom. The van der Waals surface area contributed by atoms with Crippen LogP contribution in [0.3, 0.4) is 0 Å². The molecule has 5 rings (SSSR count). The highest BCUT2D eigenvalue weighted by Crippen LogP contribution is 2.38. The first-order valence-electron chi connectivity index (χ1n) is 9.71. The number of hydrogen-bond donors (Lipinski definition) is 0. The predicted octanol–water partition coefficient (Wildman–Crippen LogP) is 5.73. The van der Waals surface area contributed by atoms with Crippen molar-refractivity contribution in [3.63, 3.8) is 0 Å². The van der Waals surface area contributed by atoms with Crippen LogP contribution in [0.5, 0.6) is 11.5 Å². The van der Waals surface area contributed by atoms with E-state index in [9.17, 15) is 0 Å². The van der Waals surface area contributed by atoms with E-state index in [1.807, 2.05) is 12.1 Å². The van der Waals surface area contributed by atoms with Crippen LogP contribution in [0.25, 0.3) is 22.4 Å². The summed E-state index contributed by atoms with van der Waals surface area (Å²) in [5.74, 6) is 1.75. The molecule has 0 aliphatic carbocycles. The van der Waals surface area contributed by atoms with E-state index in [1.165, 1.54) is 16.7 Å². The highest BCUT2D eigenvalue weighted by Gasteiger charge is 2.25. The number of imidazole rings is 1. The van der Waals surface area contributed by atoms with Crippen molar-refractivity contribution in [2.24, 2.45) is 0 Å². The maximum atomic E-state index is 6.33. The predicted molar refractivity (Wildman–Crippen MR) is 112 cm³/mol. The molecule has 1 aliphatic rings. The van der Waals surface area contributed by atoms with Gasteiger partial charge in [-0.3, -0.25) is 9.13 Å². The number of benzene rings is 3. The van der Waals surface area contributed by atoms with Crippen LogP contribution in [-0.2, 0) is 5.41 Å². The Hall–Kier alpha value is -3.07. The molecule has 0 atom stereocenters. The molecule has 0 amide bonds. The second kappa shape index (κ2) is 5.71. The molecule has 0 N–H and O–H groups in total. The maximum Gasteiger partial charge on any atom is 0.270 e. The molecule has 0 fully saturated rings. The van der Waals surface area contributed by atoms with Gasteiger partial charge >= 0.3 is 0 Å². The average molecular weight is 368 g/mol. The summed E-state index contributed by atoms with van der Waals surface area (Å²) in [6.07, 6.45) is 3.57. The quantitative estimate of drug-likeness (QED) is 0.273. The van der Waals surface area contributed by atoms with Gasteiger partial charge in [-0.1, -0.05) is 56.2 Å². The summed E-state index contributed by atoms with van der Waals surface area (Å²) < 4.78 is 10.6. The van der Waals surface area contributed by atoms with Gasteiger partial charge in [0.25, 0.3) is 6.33 Å². The number of rotatable bonds is 1. The van der Waals surface area contributed by atoms with Crippen molar-refractivity contribution in [3.8, 4) is 22.9 Å². The summed E-state index contributed by atoms with van der Waals surface area (Å²) in [6.45, 7) is 10.9. The number of nitrogens with zero attached hydrogens (tertiary/aromatic N) is 2. The van der Waals surface area contributed by atoms with Crippen LogP contribution in [0.4, 0.5) is 0 Å². The molecule has 140 valence electrons. The highest BCUT2D eigenvalue weighted by atomic mass is 16.5. The molecule has 0 unspecified atom stereocenters. The highest BCUT2D eigenvalue weighted by molar-refractivity contribution is 5.82. The zero-order chi connectivity index (χ0) is 19.6. The first-order valence-corrected chi connectivity index (χ1v) is 9.71. The lowest BCUT2D eigenvalue weighted by molar-refractivity contribution is -0.575. The van der Waals surface area contributed by atoms with E-state index in [2.05, 4.69) is 92.5 Å². The van der Waals surface area contributed by atoms with E-state index in [-0.39, 0.29) is 5.41 Å². The summed E-state index contributed by atoms with van der Waals surface area (Å²) in [5.41, 5.74) is 8.11. The average Bonchev–Trinajstić information content (AvgIpc) is 3.01. The second-order valence-corrected chi connectivity index (χ2v) is 8.78. The fourth-order valence-electron chi connectivity index (χ4n) is 4.02. The van der Waals surface area contributed by atoms with Crippen molar-refractivity contribution < 1.29 is 9.30 Å². The monoisotopic (exact) mass is 368 g/mol. The molecule has 1 aromatic heterocycles. The van der Waals surface area contributed by atoms with Gasteiger partial charge in [0.05, 0.1) is 11.2 Å². The number of ether oxygens (including phenoxy) is 1. The molecule has 0 saturated carbocycles. The molecule has 1 aliphatic heterocycles. The standard InChI is InChI=1S/C25H24N2O/c1-16-11-17(2)13-19(12-16)26-15-27-20-10-9-18(25(3,4)5)14-23(20)28-22-8-6-7-21(26)24(22)27/h6-14H,1-5H3. The van der Waals surface area contributed by atoms with E-state index in [1.54, 1.807) is 0 Å². The van der Waals surface area contributed by atoms with Crippen LogP contribution in [0, 0.1) is 20.2 Å². The molecule has 0 radical (unpaired) electrons. The summed E-state index contributed by atoms with van der Waals surface area (Å²) >= 11 is 0. The fraction of sp³-hybridized carbons (Fsp3) is 0.240.